The molecule has 2 N–H and O–H groups in total. The zero-order chi connectivity index (χ0) is 14.9. The Bertz CT molecular complexity index is 643. The van der Waals surface area contributed by atoms with Crippen molar-refractivity contribution in [2.75, 3.05) is 5.32 Å². The number of benzene rings is 2. The molecular formula is C15H14Cl3NO. The van der Waals surface area contributed by atoms with Crippen LogP contribution < -0.4 is 5.32 Å². The van der Waals surface area contributed by atoms with Crippen molar-refractivity contribution in [2.24, 2.45) is 0 Å². The zero-order valence-corrected chi connectivity index (χ0v) is 13.3. The Morgan fingerprint density at radius 3 is 2.40 bits per heavy atom. The van der Waals surface area contributed by atoms with E-state index < -0.39 is 0 Å². The summed E-state index contributed by atoms with van der Waals surface area (Å²) in [6, 6.07) is 8.70. The third-order valence-electron chi connectivity index (χ3n) is 3.11. The van der Waals surface area contributed by atoms with E-state index in [9.17, 15) is 5.11 Å². The molecule has 1 atom stereocenters. The molecule has 5 heteroatoms. The Morgan fingerprint density at radius 2 is 1.75 bits per heavy atom. The van der Waals surface area contributed by atoms with E-state index in [4.69, 9.17) is 34.8 Å². The smallest absolute Gasteiger partial charge is 0.115 e. The molecule has 0 bridgehead atoms. The van der Waals surface area contributed by atoms with Gasteiger partial charge in [-0.05, 0) is 49.2 Å². The average molecular weight is 331 g/mol. The minimum Gasteiger partial charge on any atom is -0.508 e. The molecule has 20 heavy (non-hydrogen) atoms. The summed E-state index contributed by atoms with van der Waals surface area (Å²) >= 11 is 18.2. The molecule has 0 amide bonds. The Labute approximate surface area is 133 Å². The molecule has 0 radical (unpaired) electrons. The summed E-state index contributed by atoms with van der Waals surface area (Å²) in [5, 5.41) is 14.0. The summed E-state index contributed by atoms with van der Waals surface area (Å²) in [7, 11) is 0. The van der Waals surface area contributed by atoms with E-state index in [1.165, 1.54) is 0 Å². The standard InChI is InChI=1S/C15H14Cl3NO/c1-8-7-10(20)3-6-13(8)19-9(2)11-4-5-12(16)15(18)14(11)17/h3-7,9,19-20H,1-2H3. The van der Waals surface area contributed by atoms with Crippen LogP contribution in [0.2, 0.25) is 15.1 Å². The molecule has 1 unspecified atom stereocenters. The van der Waals surface area contributed by atoms with Gasteiger partial charge < -0.3 is 10.4 Å². The van der Waals surface area contributed by atoms with Crippen LogP contribution in [0.5, 0.6) is 5.75 Å². The van der Waals surface area contributed by atoms with Gasteiger partial charge in [0, 0.05) is 5.69 Å². The fraction of sp³-hybridized carbons (Fsp3) is 0.200. The first-order valence-electron chi connectivity index (χ1n) is 6.09. The lowest BCUT2D eigenvalue weighted by atomic mass is 10.1. The van der Waals surface area contributed by atoms with Gasteiger partial charge in [0.15, 0.2) is 0 Å². The Hall–Kier alpha value is -1.09. The van der Waals surface area contributed by atoms with E-state index in [0.717, 1.165) is 16.8 Å². The van der Waals surface area contributed by atoms with Crippen molar-refractivity contribution in [3.05, 3.63) is 56.5 Å². The zero-order valence-electron chi connectivity index (χ0n) is 11.0. The van der Waals surface area contributed by atoms with Gasteiger partial charge in [-0.15, -0.1) is 0 Å². The number of phenolic OH excluding ortho intramolecular Hbond substituents is 1. The number of anilines is 1. The SMILES string of the molecule is Cc1cc(O)ccc1NC(C)c1ccc(Cl)c(Cl)c1Cl. The minimum atomic E-state index is -0.0412. The van der Waals surface area contributed by atoms with Crippen molar-refractivity contribution in [3.63, 3.8) is 0 Å². The fourth-order valence-corrected chi connectivity index (χ4v) is 2.70. The molecule has 0 heterocycles. The second kappa shape index (κ2) is 6.13. The van der Waals surface area contributed by atoms with Crippen LogP contribution in [0.3, 0.4) is 0 Å². The molecule has 2 rings (SSSR count). The third kappa shape index (κ3) is 3.14. The molecule has 0 saturated carbocycles. The van der Waals surface area contributed by atoms with Gasteiger partial charge in [-0.3, -0.25) is 0 Å². The summed E-state index contributed by atoms with van der Waals surface area (Å²) in [4.78, 5) is 0. The second-order valence-electron chi connectivity index (χ2n) is 4.63. The maximum Gasteiger partial charge on any atom is 0.115 e. The molecule has 2 aromatic rings. The molecule has 106 valence electrons. The molecule has 0 saturated heterocycles. The first-order valence-corrected chi connectivity index (χ1v) is 7.23. The highest BCUT2D eigenvalue weighted by Crippen LogP contribution is 2.36. The van der Waals surface area contributed by atoms with Crippen LogP contribution in [0.4, 0.5) is 5.69 Å². The quantitative estimate of drug-likeness (QED) is 0.548. The summed E-state index contributed by atoms with van der Waals surface area (Å²) in [6.07, 6.45) is 0. The molecule has 0 aromatic heterocycles. The van der Waals surface area contributed by atoms with Gasteiger partial charge in [0.05, 0.1) is 21.1 Å². The van der Waals surface area contributed by atoms with Crippen LogP contribution >= 0.6 is 34.8 Å². The van der Waals surface area contributed by atoms with Gasteiger partial charge in [-0.25, -0.2) is 0 Å². The summed E-state index contributed by atoms with van der Waals surface area (Å²) in [5.41, 5.74) is 2.75. The monoisotopic (exact) mass is 329 g/mol. The van der Waals surface area contributed by atoms with Gasteiger partial charge in [0.25, 0.3) is 0 Å². The molecule has 0 fully saturated rings. The van der Waals surface area contributed by atoms with Crippen molar-refractivity contribution in [1.29, 1.82) is 0 Å². The lowest BCUT2D eigenvalue weighted by Crippen LogP contribution is -2.08. The van der Waals surface area contributed by atoms with Gasteiger partial charge in [0.2, 0.25) is 0 Å². The predicted octanol–water partition coefficient (Wildman–Crippen LogP) is 5.83. The molecule has 0 aliphatic heterocycles. The Morgan fingerprint density at radius 1 is 1.05 bits per heavy atom. The van der Waals surface area contributed by atoms with Crippen LogP contribution in [-0.4, -0.2) is 5.11 Å². The number of aryl methyl sites for hydroxylation is 1. The summed E-state index contributed by atoms with van der Waals surface area (Å²) in [5.74, 6) is 0.244. The fourth-order valence-electron chi connectivity index (χ4n) is 2.00. The van der Waals surface area contributed by atoms with E-state index >= 15 is 0 Å². The van der Waals surface area contributed by atoms with Gasteiger partial charge in [-0.2, -0.15) is 0 Å². The van der Waals surface area contributed by atoms with E-state index in [0.29, 0.717) is 15.1 Å². The van der Waals surface area contributed by atoms with Crippen molar-refractivity contribution in [2.45, 2.75) is 19.9 Å². The van der Waals surface area contributed by atoms with E-state index in [-0.39, 0.29) is 11.8 Å². The number of hydrogen-bond donors (Lipinski definition) is 2. The number of phenols is 1. The van der Waals surface area contributed by atoms with Gasteiger partial charge >= 0.3 is 0 Å². The first-order chi connectivity index (χ1) is 9.40. The number of nitrogens with one attached hydrogen (secondary N) is 1. The van der Waals surface area contributed by atoms with Crippen molar-refractivity contribution >= 4 is 40.5 Å². The number of hydrogen-bond acceptors (Lipinski definition) is 2. The van der Waals surface area contributed by atoms with Crippen molar-refractivity contribution < 1.29 is 5.11 Å². The lowest BCUT2D eigenvalue weighted by Gasteiger charge is -2.19. The summed E-state index contributed by atoms with van der Waals surface area (Å²) < 4.78 is 0. The highest BCUT2D eigenvalue weighted by molar-refractivity contribution is 6.48. The van der Waals surface area contributed by atoms with E-state index in [1.54, 1.807) is 18.2 Å². The minimum absolute atomic E-state index is 0.0412. The molecular weight excluding hydrogens is 317 g/mol. The molecule has 0 aliphatic rings. The number of halogens is 3. The van der Waals surface area contributed by atoms with Crippen LogP contribution in [0.25, 0.3) is 0 Å². The predicted molar refractivity (Wildman–Crippen MR) is 86.4 cm³/mol. The van der Waals surface area contributed by atoms with Crippen LogP contribution in [0.15, 0.2) is 30.3 Å². The largest absolute Gasteiger partial charge is 0.508 e. The first kappa shape index (κ1) is 15.3. The Balaban J connectivity index is 2.28. The van der Waals surface area contributed by atoms with Crippen molar-refractivity contribution in [1.82, 2.24) is 0 Å². The number of aromatic hydroxyl groups is 1. The maximum atomic E-state index is 9.42. The van der Waals surface area contributed by atoms with Crippen molar-refractivity contribution in [3.8, 4) is 5.75 Å². The van der Waals surface area contributed by atoms with Crippen LogP contribution in [0, 0.1) is 6.92 Å². The van der Waals surface area contributed by atoms with E-state index in [2.05, 4.69) is 5.32 Å². The average Bonchev–Trinajstić information content (AvgIpc) is 2.39. The maximum absolute atomic E-state index is 9.42. The van der Waals surface area contributed by atoms with Crippen LogP contribution in [-0.2, 0) is 0 Å². The molecule has 0 aliphatic carbocycles. The highest BCUT2D eigenvalue weighted by atomic mass is 35.5. The lowest BCUT2D eigenvalue weighted by molar-refractivity contribution is 0.475. The second-order valence-corrected chi connectivity index (χ2v) is 5.79. The van der Waals surface area contributed by atoms with Gasteiger partial charge in [0.1, 0.15) is 5.75 Å². The highest BCUT2D eigenvalue weighted by Gasteiger charge is 2.15. The van der Waals surface area contributed by atoms with E-state index in [1.807, 2.05) is 26.0 Å². The Kier molecular flexibility index (Phi) is 4.69. The number of rotatable bonds is 3. The third-order valence-corrected chi connectivity index (χ3v) is 4.42. The van der Waals surface area contributed by atoms with Crippen LogP contribution in [0.1, 0.15) is 24.1 Å². The normalized spacial score (nSPS) is 12.2. The summed E-state index contributed by atoms with van der Waals surface area (Å²) in [6.45, 7) is 3.91. The molecule has 2 nitrogen and oxygen atoms in total. The molecule has 0 spiro atoms. The van der Waals surface area contributed by atoms with Gasteiger partial charge in [-0.1, -0.05) is 40.9 Å². The topological polar surface area (TPSA) is 32.3 Å². The molecule has 2 aromatic carbocycles.